The first-order valence-corrected chi connectivity index (χ1v) is 4.87. The topological polar surface area (TPSA) is 35.0 Å². The molecule has 0 spiro atoms. The van der Waals surface area contributed by atoms with Gasteiger partial charge in [-0.3, -0.25) is 0 Å². The Bertz CT molecular complexity index is 434. The van der Waals surface area contributed by atoms with Crippen molar-refractivity contribution in [1.29, 1.82) is 0 Å². The van der Waals surface area contributed by atoms with Gasteiger partial charge in [0.25, 0.3) is 0 Å². The molecule has 2 aromatic rings. The lowest BCUT2D eigenvalue weighted by Gasteiger charge is -2.04. The lowest BCUT2D eigenvalue weighted by molar-refractivity contribution is 0.305. The van der Waals surface area contributed by atoms with E-state index in [-0.39, 0.29) is 0 Å². The second-order valence-corrected chi connectivity index (χ2v) is 3.38. The quantitative estimate of drug-likeness (QED) is 0.798. The zero-order chi connectivity index (χ0) is 10.5. The molecule has 0 amide bonds. The SMILES string of the molecule is Clc1cc(COc2ccccc2)cnn1. The zero-order valence-electron chi connectivity index (χ0n) is 7.93. The van der Waals surface area contributed by atoms with Gasteiger partial charge >= 0.3 is 0 Å². The van der Waals surface area contributed by atoms with Crippen LogP contribution in [0.3, 0.4) is 0 Å². The third-order valence-electron chi connectivity index (χ3n) is 1.83. The maximum Gasteiger partial charge on any atom is 0.152 e. The van der Waals surface area contributed by atoms with Crippen LogP contribution in [0.4, 0.5) is 0 Å². The molecule has 0 N–H and O–H groups in total. The third-order valence-corrected chi connectivity index (χ3v) is 2.01. The standard InChI is InChI=1S/C11H9ClN2O/c12-11-6-9(7-13-14-11)8-15-10-4-2-1-3-5-10/h1-7H,8H2. The van der Waals surface area contributed by atoms with Gasteiger partial charge in [-0.15, -0.1) is 5.10 Å². The molecule has 2 rings (SSSR count). The molecule has 76 valence electrons. The van der Waals surface area contributed by atoms with Crippen molar-refractivity contribution in [3.8, 4) is 5.75 Å². The van der Waals surface area contributed by atoms with Gasteiger partial charge in [-0.05, 0) is 18.2 Å². The summed E-state index contributed by atoms with van der Waals surface area (Å²) in [4.78, 5) is 0. The van der Waals surface area contributed by atoms with Crippen molar-refractivity contribution < 1.29 is 4.74 Å². The molecule has 0 fully saturated rings. The van der Waals surface area contributed by atoms with Crippen LogP contribution in [0.15, 0.2) is 42.6 Å². The van der Waals surface area contributed by atoms with Crippen LogP contribution in [0.5, 0.6) is 5.75 Å². The van der Waals surface area contributed by atoms with Crippen molar-refractivity contribution in [2.75, 3.05) is 0 Å². The predicted octanol–water partition coefficient (Wildman–Crippen LogP) is 2.71. The van der Waals surface area contributed by atoms with E-state index >= 15 is 0 Å². The van der Waals surface area contributed by atoms with E-state index in [1.807, 2.05) is 30.3 Å². The Balaban J connectivity index is 1.99. The highest BCUT2D eigenvalue weighted by atomic mass is 35.5. The molecule has 1 aromatic carbocycles. The third kappa shape index (κ3) is 2.92. The maximum atomic E-state index is 5.70. The summed E-state index contributed by atoms with van der Waals surface area (Å²) >= 11 is 5.70. The minimum Gasteiger partial charge on any atom is -0.489 e. The fourth-order valence-corrected chi connectivity index (χ4v) is 1.32. The number of aromatic nitrogens is 2. The van der Waals surface area contributed by atoms with Crippen LogP contribution in [0.25, 0.3) is 0 Å². The fourth-order valence-electron chi connectivity index (χ4n) is 1.14. The Kier molecular flexibility index (Phi) is 3.15. The largest absolute Gasteiger partial charge is 0.489 e. The number of rotatable bonds is 3. The van der Waals surface area contributed by atoms with Gasteiger partial charge in [0.2, 0.25) is 0 Å². The monoisotopic (exact) mass is 220 g/mol. The van der Waals surface area contributed by atoms with Gasteiger partial charge in [-0.1, -0.05) is 29.8 Å². The summed E-state index contributed by atoms with van der Waals surface area (Å²) in [5, 5.41) is 7.77. The van der Waals surface area contributed by atoms with E-state index in [2.05, 4.69) is 10.2 Å². The minimum atomic E-state index is 0.379. The number of para-hydroxylation sites is 1. The highest BCUT2D eigenvalue weighted by Gasteiger charge is 1.97. The summed E-state index contributed by atoms with van der Waals surface area (Å²) < 4.78 is 5.52. The maximum absolute atomic E-state index is 5.70. The predicted molar refractivity (Wildman–Crippen MR) is 57.8 cm³/mol. The van der Waals surface area contributed by atoms with Gasteiger partial charge in [0, 0.05) is 5.56 Å². The molecular formula is C11H9ClN2O. The Morgan fingerprint density at radius 3 is 2.73 bits per heavy atom. The molecule has 4 heteroatoms. The lowest BCUT2D eigenvalue weighted by Crippen LogP contribution is -1.96. The Hall–Kier alpha value is -1.61. The zero-order valence-corrected chi connectivity index (χ0v) is 8.69. The lowest BCUT2D eigenvalue weighted by atomic mass is 10.3. The van der Waals surface area contributed by atoms with E-state index < -0.39 is 0 Å². The van der Waals surface area contributed by atoms with Crippen LogP contribution in [0.2, 0.25) is 5.15 Å². The van der Waals surface area contributed by atoms with Crippen molar-refractivity contribution >= 4 is 11.6 Å². The minimum absolute atomic E-state index is 0.379. The average Bonchev–Trinajstić information content (AvgIpc) is 2.28. The van der Waals surface area contributed by atoms with Crippen LogP contribution in [-0.2, 0) is 6.61 Å². The van der Waals surface area contributed by atoms with Crippen molar-refractivity contribution in [3.05, 3.63) is 53.3 Å². The molecule has 0 saturated carbocycles. The Morgan fingerprint density at radius 2 is 2.00 bits per heavy atom. The van der Waals surface area contributed by atoms with Crippen molar-refractivity contribution in [2.45, 2.75) is 6.61 Å². The Labute approximate surface area is 92.7 Å². The number of nitrogens with zero attached hydrogens (tertiary/aromatic N) is 2. The van der Waals surface area contributed by atoms with Crippen LogP contribution >= 0.6 is 11.6 Å². The van der Waals surface area contributed by atoms with E-state index in [1.165, 1.54) is 0 Å². The number of ether oxygens (including phenoxy) is 1. The average molecular weight is 221 g/mol. The molecule has 3 nitrogen and oxygen atoms in total. The highest BCUT2D eigenvalue weighted by molar-refractivity contribution is 6.29. The molecule has 0 aliphatic heterocycles. The molecule has 0 radical (unpaired) electrons. The molecule has 15 heavy (non-hydrogen) atoms. The van der Waals surface area contributed by atoms with Gasteiger partial charge in [0.05, 0.1) is 6.20 Å². The van der Waals surface area contributed by atoms with Crippen LogP contribution in [-0.4, -0.2) is 10.2 Å². The Morgan fingerprint density at radius 1 is 1.20 bits per heavy atom. The molecule has 0 unspecified atom stereocenters. The molecule has 0 aliphatic carbocycles. The summed E-state index contributed by atoms with van der Waals surface area (Å²) in [6.45, 7) is 0.444. The summed E-state index contributed by atoms with van der Waals surface area (Å²) in [6.07, 6.45) is 1.63. The van der Waals surface area contributed by atoms with Crippen molar-refractivity contribution in [1.82, 2.24) is 10.2 Å². The van der Waals surface area contributed by atoms with Gasteiger partial charge in [0.15, 0.2) is 5.15 Å². The molecule has 0 atom stereocenters. The smallest absolute Gasteiger partial charge is 0.152 e. The molecule has 0 bridgehead atoms. The van der Waals surface area contributed by atoms with E-state index in [0.29, 0.717) is 11.8 Å². The second-order valence-electron chi connectivity index (χ2n) is 2.99. The van der Waals surface area contributed by atoms with Gasteiger partial charge in [0.1, 0.15) is 12.4 Å². The van der Waals surface area contributed by atoms with E-state index in [4.69, 9.17) is 16.3 Å². The van der Waals surface area contributed by atoms with E-state index in [0.717, 1.165) is 11.3 Å². The molecule has 0 aliphatic rings. The van der Waals surface area contributed by atoms with E-state index in [1.54, 1.807) is 12.3 Å². The van der Waals surface area contributed by atoms with Gasteiger partial charge < -0.3 is 4.74 Å². The first kappa shape index (κ1) is 9.93. The molecular weight excluding hydrogens is 212 g/mol. The summed E-state index contributed by atoms with van der Waals surface area (Å²) in [6, 6.07) is 11.3. The van der Waals surface area contributed by atoms with Crippen LogP contribution in [0, 0.1) is 0 Å². The molecule has 1 aromatic heterocycles. The first-order valence-electron chi connectivity index (χ1n) is 4.49. The normalized spacial score (nSPS) is 9.93. The van der Waals surface area contributed by atoms with Crippen molar-refractivity contribution in [3.63, 3.8) is 0 Å². The first-order chi connectivity index (χ1) is 7.34. The molecule has 1 heterocycles. The highest BCUT2D eigenvalue weighted by Crippen LogP contribution is 2.12. The molecule has 0 saturated heterocycles. The van der Waals surface area contributed by atoms with E-state index in [9.17, 15) is 0 Å². The van der Waals surface area contributed by atoms with Gasteiger partial charge in [-0.25, -0.2) is 0 Å². The van der Waals surface area contributed by atoms with Gasteiger partial charge in [-0.2, -0.15) is 5.10 Å². The summed E-state index contributed by atoms with van der Waals surface area (Å²) in [7, 11) is 0. The van der Waals surface area contributed by atoms with Crippen molar-refractivity contribution in [2.24, 2.45) is 0 Å². The number of halogens is 1. The summed E-state index contributed by atoms with van der Waals surface area (Å²) in [5.41, 5.74) is 0.902. The number of benzene rings is 1. The summed E-state index contributed by atoms with van der Waals surface area (Å²) in [5.74, 6) is 0.824. The number of hydrogen-bond donors (Lipinski definition) is 0. The second kappa shape index (κ2) is 4.75. The fraction of sp³-hybridized carbons (Fsp3) is 0.0909. The van der Waals surface area contributed by atoms with Crippen LogP contribution in [0.1, 0.15) is 5.56 Å². The number of hydrogen-bond acceptors (Lipinski definition) is 3. The van der Waals surface area contributed by atoms with Crippen LogP contribution < -0.4 is 4.74 Å².